The second-order valence-electron chi connectivity index (χ2n) is 9.38. The van der Waals surface area contributed by atoms with E-state index in [1.165, 1.54) is 12.3 Å². The number of nitrogens with zero attached hydrogens (tertiary/aromatic N) is 2. The molecule has 2 heterocycles. The molecule has 0 saturated heterocycles. The van der Waals surface area contributed by atoms with Gasteiger partial charge < -0.3 is 0 Å². The van der Waals surface area contributed by atoms with Crippen molar-refractivity contribution in [2.45, 2.75) is 11.8 Å². The second-order valence-corrected chi connectivity index (χ2v) is 11.4. The van der Waals surface area contributed by atoms with Gasteiger partial charge in [-0.3, -0.25) is 14.3 Å². The van der Waals surface area contributed by atoms with Gasteiger partial charge in [0, 0.05) is 28.8 Å². The molecular formula is C32H24N2O3S. The third-order valence-electron chi connectivity index (χ3n) is 6.87. The van der Waals surface area contributed by atoms with Crippen molar-refractivity contribution in [3.8, 4) is 28.1 Å². The molecule has 0 aliphatic heterocycles. The van der Waals surface area contributed by atoms with Gasteiger partial charge in [0.25, 0.3) is 5.56 Å². The number of sulfone groups is 1. The van der Waals surface area contributed by atoms with Gasteiger partial charge in [-0.05, 0) is 53.3 Å². The van der Waals surface area contributed by atoms with E-state index in [-0.39, 0.29) is 10.5 Å². The first-order valence-electron chi connectivity index (χ1n) is 12.2. The summed E-state index contributed by atoms with van der Waals surface area (Å²) in [6.07, 6.45) is 2.91. The lowest BCUT2D eigenvalue weighted by Gasteiger charge is -2.23. The van der Waals surface area contributed by atoms with Crippen LogP contribution in [0.3, 0.4) is 0 Å². The molecule has 0 N–H and O–H groups in total. The summed E-state index contributed by atoms with van der Waals surface area (Å²) in [4.78, 5) is 19.3. The molecule has 0 fully saturated rings. The zero-order valence-electron chi connectivity index (χ0n) is 20.9. The normalized spacial score (nSPS) is 11.7. The highest BCUT2D eigenvalue weighted by molar-refractivity contribution is 7.90. The van der Waals surface area contributed by atoms with Crippen molar-refractivity contribution in [2.75, 3.05) is 6.26 Å². The van der Waals surface area contributed by atoms with E-state index in [0.29, 0.717) is 22.2 Å². The summed E-state index contributed by atoms with van der Waals surface area (Å²) in [5.74, 6) is 0. The van der Waals surface area contributed by atoms with Crippen LogP contribution in [0.4, 0.5) is 0 Å². The van der Waals surface area contributed by atoms with E-state index in [4.69, 9.17) is 0 Å². The van der Waals surface area contributed by atoms with Gasteiger partial charge in [-0.1, -0.05) is 78.9 Å². The van der Waals surface area contributed by atoms with Crippen molar-refractivity contribution in [3.63, 3.8) is 0 Å². The maximum atomic E-state index is 14.4. The summed E-state index contributed by atoms with van der Waals surface area (Å²) in [5.41, 5.74) is 5.27. The average Bonchev–Trinajstić information content (AvgIpc) is 2.93. The van der Waals surface area contributed by atoms with Crippen LogP contribution >= 0.6 is 0 Å². The van der Waals surface area contributed by atoms with Crippen molar-refractivity contribution in [2.24, 2.45) is 0 Å². The van der Waals surface area contributed by atoms with Crippen LogP contribution in [0.5, 0.6) is 0 Å². The van der Waals surface area contributed by atoms with Crippen LogP contribution in [0.1, 0.15) is 5.56 Å². The number of aryl methyl sites for hydroxylation is 1. The first kappa shape index (κ1) is 23.8. The van der Waals surface area contributed by atoms with E-state index in [0.717, 1.165) is 33.2 Å². The van der Waals surface area contributed by atoms with Gasteiger partial charge in [0.1, 0.15) is 0 Å². The van der Waals surface area contributed by atoms with Crippen LogP contribution in [-0.4, -0.2) is 24.2 Å². The Bertz CT molecular complexity index is 2010. The molecule has 0 bridgehead atoms. The number of fused-ring (bicyclic) bond motifs is 2. The quantitative estimate of drug-likeness (QED) is 0.265. The Morgan fingerprint density at radius 2 is 1.42 bits per heavy atom. The molecule has 0 radical (unpaired) electrons. The molecule has 6 aromatic rings. The zero-order chi connectivity index (χ0) is 26.4. The fourth-order valence-electron chi connectivity index (χ4n) is 5.10. The SMILES string of the molecule is Cc1ccc2cccnc2c1-n1c(-c2ccccc2)c(-c2ccccc2)c2cc(S(C)(=O)=O)ccc2c1=O. The van der Waals surface area contributed by atoms with E-state index >= 15 is 0 Å². The van der Waals surface area contributed by atoms with Gasteiger partial charge in [-0.25, -0.2) is 8.42 Å². The van der Waals surface area contributed by atoms with Gasteiger partial charge in [-0.2, -0.15) is 0 Å². The maximum Gasteiger partial charge on any atom is 0.263 e. The standard InChI is InChI=1S/C32H24N2O3S/c1-21-15-16-23-14-9-19-33-29(23)30(21)34-31(24-12-7-4-8-13-24)28(22-10-5-3-6-11-22)27-20-25(38(2,36)37)17-18-26(27)32(34)35/h3-20H,1-2H3. The summed E-state index contributed by atoms with van der Waals surface area (Å²) in [7, 11) is -3.50. The number of hydrogen-bond donors (Lipinski definition) is 0. The van der Waals surface area contributed by atoms with Crippen molar-refractivity contribution < 1.29 is 8.42 Å². The minimum Gasteiger partial charge on any atom is -0.273 e. The predicted octanol–water partition coefficient (Wildman–Crippen LogP) is 6.58. The molecule has 0 aliphatic carbocycles. The maximum absolute atomic E-state index is 14.4. The largest absolute Gasteiger partial charge is 0.273 e. The molecule has 5 nitrogen and oxygen atoms in total. The number of rotatable bonds is 4. The molecule has 6 rings (SSSR count). The minimum atomic E-state index is -3.50. The first-order chi connectivity index (χ1) is 18.3. The molecule has 38 heavy (non-hydrogen) atoms. The van der Waals surface area contributed by atoms with Crippen LogP contribution in [-0.2, 0) is 9.84 Å². The predicted molar refractivity (Wildman–Crippen MR) is 154 cm³/mol. The molecule has 4 aromatic carbocycles. The molecule has 0 unspecified atom stereocenters. The van der Waals surface area contributed by atoms with Crippen LogP contribution in [0.15, 0.2) is 119 Å². The Kier molecular flexibility index (Phi) is 5.69. The number of pyridine rings is 2. The highest BCUT2D eigenvalue weighted by Crippen LogP contribution is 2.40. The summed E-state index contributed by atoms with van der Waals surface area (Å²) in [6.45, 7) is 1.98. The molecular weight excluding hydrogens is 492 g/mol. The molecule has 2 aromatic heterocycles. The Morgan fingerprint density at radius 1 is 0.737 bits per heavy atom. The average molecular weight is 517 g/mol. The van der Waals surface area contributed by atoms with Crippen molar-refractivity contribution >= 4 is 31.5 Å². The first-order valence-corrected chi connectivity index (χ1v) is 14.1. The highest BCUT2D eigenvalue weighted by Gasteiger charge is 2.24. The Hall–Kier alpha value is -4.55. The van der Waals surface area contributed by atoms with Crippen LogP contribution in [0.25, 0.3) is 49.7 Å². The lowest BCUT2D eigenvalue weighted by molar-refractivity contribution is 0.602. The van der Waals surface area contributed by atoms with E-state index < -0.39 is 9.84 Å². The molecule has 0 aliphatic rings. The molecule has 186 valence electrons. The lowest BCUT2D eigenvalue weighted by atomic mass is 9.93. The van der Waals surface area contributed by atoms with E-state index in [9.17, 15) is 13.2 Å². The molecule has 6 heteroatoms. The van der Waals surface area contributed by atoms with Gasteiger partial charge in [0.05, 0.1) is 21.8 Å². The summed E-state index contributed by atoms with van der Waals surface area (Å²) in [6, 6.07) is 32.2. The number of aromatic nitrogens is 2. The van der Waals surface area contributed by atoms with Crippen LogP contribution in [0, 0.1) is 6.92 Å². The van der Waals surface area contributed by atoms with Gasteiger partial charge >= 0.3 is 0 Å². The van der Waals surface area contributed by atoms with E-state index in [1.54, 1.807) is 22.9 Å². The topological polar surface area (TPSA) is 69.0 Å². The second kappa shape index (κ2) is 9.08. The van der Waals surface area contributed by atoms with Crippen LogP contribution < -0.4 is 5.56 Å². The Morgan fingerprint density at radius 3 is 2.11 bits per heavy atom. The zero-order valence-corrected chi connectivity index (χ0v) is 21.7. The third kappa shape index (κ3) is 3.90. The smallest absolute Gasteiger partial charge is 0.263 e. The Balaban J connectivity index is 1.92. The molecule has 0 atom stereocenters. The summed E-state index contributed by atoms with van der Waals surface area (Å²) in [5, 5.41) is 1.95. The number of hydrogen-bond acceptors (Lipinski definition) is 4. The molecule has 0 amide bonds. The van der Waals surface area contributed by atoms with Crippen molar-refractivity contribution in [1.29, 1.82) is 0 Å². The van der Waals surface area contributed by atoms with Gasteiger partial charge in [-0.15, -0.1) is 0 Å². The fraction of sp³-hybridized carbons (Fsp3) is 0.0625. The lowest BCUT2D eigenvalue weighted by Crippen LogP contribution is -2.23. The van der Waals surface area contributed by atoms with Crippen molar-refractivity contribution in [1.82, 2.24) is 9.55 Å². The van der Waals surface area contributed by atoms with Gasteiger partial charge in [0.15, 0.2) is 9.84 Å². The monoisotopic (exact) mass is 516 g/mol. The third-order valence-corrected chi connectivity index (χ3v) is 7.98. The fourth-order valence-corrected chi connectivity index (χ4v) is 5.75. The molecule has 0 saturated carbocycles. The van der Waals surface area contributed by atoms with E-state index in [2.05, 4.69) is 4.98 Å². The minimum absolute atomic E-state index is 0.168. The van der Waals surface area contributed by atoms with Crippen LogP contribution in [0.2, 0.25) is 0 Å². The highest BCUT2D eigenvalue weighted by atomic mass is 32.2. The van der Waals surface area contributed by atoms with E-state index in [1.807, 2.05) is 91.9 Å². The Labute approximate surface area is 220 Å². The summed E-state index contributed by atoms with van der Waals surface area (Å²) >= 11 is 0. The summed E-state index contributed by atoms with van der Waals surface area (Å²) < 4.78 is 26.9. The van der Waals surface area contributed by atoms with Gasteiger partial charge in [0.2, 0.25) is 0 Å². The number of benzene rings is 4. The van der Waals surface area contributed by atoms with Crippen molar-refractivity contribution in [3.05, 3.63) is 125 Å². The molecule has 0 spiro atoms.